The van der Waals surface area contributed by atoms with Crippen LogP contribution in [-0.2, 0) is 0 Å². The minimum atomic E-state index is -0.0855. The number of aromatic nitrogens is 2. The summed E-state index contributed by atoms with van der Waals surface area (Å²) in [6.07, 6.45) is 2.97. The van der Waals surface area contributed by atoms with Gasteiger partial charge in [-0.15, -0.1) is 3.89 Å². The lowest BCUT2D eigenvalue weighted by molar-refractivity contribution is 0.318. The number of amidine groups is 1. The first-order chi connectivity index (χ1) is 7.67. The highest BCUT2D eigenvalue weighted by molar-refractivity contribution is 9.10. The van der Waals surface area contributed by atoms with E-state index in [1.165, 1.54) is 10.2 Å². The zero-order valence-corrected chi connectivity index (χ0v) is 10.2. The average molecular weight is 305 g/mol. The molecular weight excluding hydrogens is 299 g/mol. The maximum atomic E-state index is 12.6. The summed E-state index contributed by atoms with van der Waals surface area (Å²) in [4.78, 5) is 4.05. The Morgan fingerprint density at radius 2 is 2.44 bits per heavy atom. The maximum absolute atomic E-state index is 12.6. The molecule has 3 N–H and O–H groups in total. The smallest absolute Gasteiger partial charge is 0.172 e. The van der Waals surface area contributed by atoms with E-state index in [1.54, 1.807) is 12.3 Å². The van der Waals surface area contributed by atoms with Crippen molar-refractivity contribution in [3.63, 3.8) is 0 Å². The molecule has 0 saturated heterocycles. The molecule has 0 radical (unpaired) electrons. The van der Waals surface area contributed by atoms with Gasteiger partial charge in [-0.05, 0) is 22.0 Å². The highest BCUT2D eigenvalue weighted by Crippen LogP contribution is 2.26. The van der Waals surface area contributed by atoms with Gasteiger partial charge < -0.3 is 10.9 Å². The van der Waals surface area contributed by atoms with Gasteiger partial charge in [0.25, 0.3) is 0 Å². The van der Waals surface area contributed by atoms with Crippen molar-refractivity contribution >= 4 is 45.1 Å². The predicted octanol–water partition coefficient (Wildman–Crippen LogP) is 2.27. The van der Waals surface area contributed by atoms with Crippen LogP contribution in [0.5, 0.6) is 0 Å². The lowest BCUT2D eigenvalue weighted by Crippen LogP contribution is -2.12. The van der Waals surface area contributed by atoms with Crippen LogP contribution in [0, 0.1) is 0 Å². The van der Waals surface area contributed by atoms with Crippen molar-refractivity contribution in [3.05, 3.63) is 28.5 Å². The van der Waals surface area contributed by atoms with Gasteiger partial charge in [0.1, 0.15) is 0 Å². The number of fused-ring (bicyclic) bond motifs is 1. The fourth-order valence-electron chi connectivity index (χ4n) is 1.36. The van der Waals surface area contributed by atoms with Crippen LogP contribution in [0.25, 0.3) is 11.0 Å². The number of hydrogen-bond donors (Lipinski definition) is 2. The molecule has 2 rings (SSSR count). The highest BCUT2D eigenvalue weighted by Gasteiger charge is 2.14. The molecule has 0 fully saturated rings. The van der Waals surface area contributed by atoms with Gasteiger partial charge >= 0.3 is 0 Å². The second kappa shape index (κ2) is 4.30. The zero-order valence-electron chi connectivity index (χ0n) is 7.76. The molecule has 0 amide bonds. The molecule has 0 unspecified atom stereocenters. The standard InChI is InChI=1S/C8H6BrFN4OS/c9-4-1-5-6(7(11)13-15)3-14(16-10)8(5)12-2-4/h1-3,15H,(H2,11,13). The third-order valence-corrected chi connectivity index (χ3v) is 2.90. The lowest BCUT2D eigenvalue weighted by Gasteiger charge is -1.96. The van der Waals surface area contributed by atoms with E-state index < -0.39 is 0 Å². The van der Waals surface area contributed by atoms with E-state index >= 15 is 0 Å². The Kier molecular flexibility index (Phi) is 3.01. The third kappa shape index (κ3) is 1.74. The molecule has 16 heavy (non-hydrogen) atoms. The van der Waals surface area contributed by atoms with Gasteiger partial charge in [0.2, 0.25) is 0 Å². The van der Waals surface area contributed by atoms with Crippen molar-refractivity contribution in [2.24, 2.45) is 10.9 Å². The number of pyridine rings is 1. The number of nitrogens with two attached hydrogens (primary N) is 1. The summed E-state index contributed by atoms with van der Waals surface area (Å²) in [7, 11) is 0. The number of oxime groups is 1. The predicted molar refractivity (Wildman–Crippen MR) is 64.0 cm³/mol. The minimum Gasteiger partial charge on any atom is -0.409 e. The Morgan fingerprint density at radius 3 is 3.06 bits per heavy atom. The Morgan fingerprint density at radius 1 is 1.69 bits per heavy atom. The first-order valence-corrected chi connectivity index (χ1v) is 5.57. The minimum absolute atomic E-state index is 0.000454. The first-order valence-electron chi connectivity index (χ1n) is 4.11. The van der Waals surface area contributed by atoms with Crippen LogP contribution in [0.3, 0.4) is 0 Å². The fourth-order valence-corrected chi connectivity index (χ4v) is 2.05. The third-order valence-electron chi connectivity index (χ3n) is 2.04. The second-order valence-electron chi connectivity index (χ2n) is 2.95. The molecule has 2 aromatic rings. The quantitative estimate of drug-likeness (QED) is 0.386. The van der Waals surface area contributed by atoms with Crippen LogP contribution < -0.4 is 5.73 Å². The molecule has 84 valence electrons. The van der Waals surface area contributed by atoms with Crippen molar-refractivity contribution in [2.45, 2.75) is 0 Å². The van der Waals surface area contributed by atoms with E-state index in [2.05, 4.69) is 26.1 Å². The molecule has 0 aromatic carbocycles. The van der Waals surface area contributed by atoms with Crippen LogP contribution in [0.4, 0.5) is 3.89 Å². The number of halogens is 2. The zero-order chi connectivity index (χ0) is 11.7. The summed E-state index contributed by atoms with van der Waals surface area (Å²) in [5, 5.41) is 12.1. The van der Waals surface area contributed by atoms with Crippen molar-refractivity contribution in [3.8, 4) is 0 Å². The van der Waals surface area contributed by atoms with Crippen LogP contribution >= 0.6 is 28.3 Å². The second-order valence-corrected chi connectivity index (χ2v) is 4.39. The molecule has 8 heteroatoms. The molecule has 2 heterocycles. The Bertz CT molecular complexity index is 570. The summed E-state index contributed by atoms with van der Waals surface area (Å²) in [5.41, 5.74) is 6.33. The van der Waals surface area contributed by atoms with E-state index in [1.807, 2.05) is 0 Å². The molecule has 0 saturated carbocycles. The monoisotopic (exact) mass is 304 g/mol. The largest absolute Gasteiger partial charge is 0.409 e. The van der Waals surface area contributed by atoms with Gasteiger partial charge in [-0.3, -0.25) is 0 Å². The van der Waals surface area contributed by atoms with Crippen LogP contribution in [-0.4, -0.2) is 20.0 Å². The molecule has 0 spiro atoms. The topological polar surface area (TPSA) is 76.4 Å². The summed E-state index contributed by atoms with van der Waals surface area (Å²) >= 11 is 3.25. The summed E-state index contributed by atoms with van der Waals surface area (Å²) in [5.74, 6) is -0.0855. The van der Waals surface area contributed by atoms with Crippen molar-refractivity contribution < 1.29 is 9.09 Å². The first kappa shape index (κ1) is 11.2. The molecule has 0 bridgehead atoms. The van der Waals surface area contributed by atoms with Crippen molar-refractivity contribution in [1.82, 2.24) is 8.96 Å². The van der Waals surface area contributed by atoms with E-state index in [0.717, 1.165) is 4.47 Å². The van der Waals surface area contributed by atoms with Gasteiger partial charge in [0.15, 0.2) is 23.8 Å². The average Bonchev–Trinajstić information content (AvgIpc) is 2.66. The molecule has 0 aliphatic carbocycles. The molecular formula is C8H6BrFN4OS. The van der Waals surface area contributed by atoms with Crippen molar-refractivity contribution in [2.75, 3.05) is 0 Å². The van der Waals surface area contributed by atoms with Gasteiger partial charge in [-0.2, -0.15) is 0 Å². The van der Waals surface area contributed by atoms with Gasteiger partial charge in [-0.1, -0.05) is 5.16 Å². The molecule has 5 nitrogen and oxygen atoms in total. The molecule has 0 aliphatic rings. The summed E-state index contributed by atoms with van der Waals surface area (Å²) < 4.78 is 14.6. The van der Waals surface area contributed by atoms with Crippen LogP contribution in [0.15, 0.2) is 28.1 Å². The molecule has 2 aromatic heterocycles. The number of hydrogen-bond acceptors (Lipinski definition) is 4. The van der Waals surface area contributed by atoms with Gasteiger partial charge in [-0.25, -0.2) is 8.96 Å². The number of rotatable bonds is 2. The number of nitrogens with zero attached hydrogens (tertiary/aromatic N) is 3. The normalized spacial score (nSPS) is 12.2. The Hall–Kier alpha value is -1.28. The van der Waals surface area contributed by atoms with E-state index in [9.17, 15) is 3.89 Å². The van der Waals surface area contributed by atoms with E-state index in [4.69, 9.17) is 10.9 Å². The van der Waals surface area contributed by atoms with Gasteiger partial charge in [0.05, 0.1) is 0 Å². The van der Waals surface area contributed by atoms with Crippen LogP contribution in [0.1, 0.15) is 5.56 Å². The summed E-state index contributed by atoms with van der Waals surface area (Å²) in [6, 6.07) is 1.72. The summed E-state index contributed by atoms with van der Waals surface area (Å²) in [6.45, 7) is 0. The molecule has 0 atom stereocenters. The maximum Gasteiger partial charge on any atom is 0.172 e. The van der Waals surface area contributed by atoms with E-state index in [-0.39, 0.29) is 18.2 Å². The Balaban J connectivity index is 2.79. The SMILES string of the molecule is N/C(=N\O)c1cn(SF)c2ncc(Br)cc12. The van der Waals surface area contributed by atoms with E-state index in [0.29, 0.717) is 16.6 Å². The fraction of sp³-hybridized carbons (Fsp3) is 0. The highest BCUT2D eigenvalue weighted by atomic mass is 79.9. The molecule has 0 aliphatic heterocycles. The Labute approximate surface area is 103 Å². The van der Waals surface area contributed by atoms with Crippen LogP contribution in [0.2, 0.25) is 0 Å². The van der Waals surface area contributed by atoms with Gasteiger partial charge in [0, 0.05) is 27.8 Å². The van der Waals surface area contributed by atoms with Crippen molar-refractivity contribution in [1.29, 1.82) is 0 Å². The lowest BCUT2D eigenvalue weighted by atomic mass is 10.2.